The fraction of sp³-hybridized carbons (Fsp3) is 0.429. The maximum atomic E-state index is 13.6. The van der Waals surface area contributed by atoms with Crippen LogP contribution in [-0.4, -0.2) is 29.9 Å². The van der Waals surface area contributed by atoms with E-state index in [2.05, 4.69) is 15.5 Å². The van der Waals surface area contributed by atoms with E-state index in [9.17, 15) is 4.39 Å². The zero-order valence-electron chi connectivity index (χ0n) is 11.2. The third-order valence-electron chi connectivity index (χ3n) is 3.51. The Hall–Kier alpha value is -1.79. The summed E-state index contributed by atoms with van der Waals surface area (Å²) in [6, 6.07) is 6.62. The molecular formula is C14H16FN3O2. The molecule has 0 amide bonds. The molecule has 0 radical (unpaired) electrons. The number of methoxy groups -OCH3 is 1. The van der Waals surface area contributed by atoms with Gasteiger partial charge in [-0.25, -0.2) is 4.39 Å². The third-order valence-corrected chi connectivity index (χ3v) is 3.51. The summed E-state index contributed by atoms with van der Waals surface area (Å²) in [5.74, 6) is 0.779. The molecule has 6 heteroatoms. The van der Waals surface area contributed by atoms with Gasteiger partial charge in [0.1, 0.15) is 5.82 Å². The first-order chi connectivity index (χ1) is 9.76. The summed E-state index contributed by atoms with van der Waals surface area (Å²) in [7, 11) is 1.69. The smallest absolute Gasteiger partial charge is 0.243 e. The number of benzene rings is 1. The first kappa shape index (κ1) is 13.2. The summed E-state index contributed by atoms with van der Waals surface area (Å²) in [5.41, 5.74) is 0.564. The molecule has 1 aromatic carbocycles. The molecule has 5 nitrogen and oxygen atoms in total. The van der Waals surface area contributed by atoms with Crippen molar-refractivity contribution in [3.05, 3.63) is 47.4 Å². The van der Waals surface area contributed by atoms with Crippen molar-refractivity contribution in [1.82, 2.24) is 15.5 Å². The second-order valence-corrected chi connectivity index (χ2v) is 4.87. The van der Waals surface area contributed by atoms with Crippen LogP contribution in [0.4, 0.5) is 4.39 Å². The highest BCUT2D eigenvalue weighted by Gasteiger charge is 2.29. The van der Waals surface area contributed by atoms with E-state index >= 15 is 0 Å². The predicted molar refractivity (Wildman–Crippen MR) is 69.7 cm³/mol. The van der Waals surface area contributed by atoms with Crippen LogP contribution in [0.1, 0.15) is 29.7 Å². The van der Waals surface area contributed by atoms with Crippen molar-refractivity contribution in [2.75, 3.05) is 13.7 Å². The Kier molecular flexibility index (Phi) is 3.75. The lowest BCUT2D eigenvalue weighted by atomic mass is 10.1. The zero-order valence-corrected chi connectivity index (χ0v) is 11.2. The van der Waals surface area contributed by atoms with Crippen molar-refractivity contribution in [2.45, 2.75) is 25.0 Å². The van der Waals surface area contributed by atoms with Crippen molar-refractivity contribution < 1.29 is 13.7 Å². The fourth-order valence-electron chi connectivity index (χ4n) is 2.36. The van der Waals surface area contributed by atoms with Crippen LogP contribution < -0.4 is 5.32 Å². The van der Waals surface area contributed by atoms with E-state index in [1.807, 2.05) is 0 Å². The van der Waals surface area contributed by atoms with Gasteiger partial charge in [0.05, 0.1) is 12.1 Å². The van der Waals surface area contributed by atoms with Crippen molar-refractivity contribution in [3.63, 3.8) is 0 Å². The first-order valence-corrected chi connectivity index (χ1v) is 6.58. The number of hydrogen-bond donors (Lipinski definition) is 1. The van der Waals surface area contributed by atoms with Gasteiger partial charge in [0.15, 0.2) is 5.82 Å². The molecule has 20 heavy (non-hydrogen) atoms. The van der Waals surface area contributed by atoms with E-state index in [4.69, 9.17) is 9.26 Å². The molecule has 2 unspecified atom stereocenters. The Morgan fingerprint density at radius 1 is 1.45 bits per heavy atom. The van der Waals surface area contributed by atoms with Crippen LogP contribution in [-0.2, 0) is 11.2 Å². The Morgan fingerprint density at radius 3 is 3.05 bits per heavy atom. The molecule has 0 aliphatic carbocycles. The second-order valence-electron chi connectivity index (χ2n) is 4.87. The Balaban J connectivity index is 1.70. The molecule has 0 bridgehead atoms. The molecule has 1 saturated heterocycles. The molecule has 2 heterocycles. The highest BCUT2D eigenvalue weighted by molar-refractivity contribution is 5.20. The van der Waals surface area contributed by atoms with E-state index < -0.39 is 0 Å². The zero-order chi connectivity index (χ0) is 13.9. The van der Waals surface area contributed by atoms with Crippen LogP contribution in [0.3, 0.4) is 0 Å². The van der Waals surface area contributed by atoms with E-state index in [1.54, 1.807) is 25.3 Å². The molecule has 1 fully saturated rings. The molecule has 1 aromatic heterocycles. The molecule has 1 N–H and O–H groups in total. The number of halogens is 1. The highest BCUT2D eigenvalue weighted by atomic mass is 19.1. The van der Waals surface area contributed by atoms with Gasteiger partial charge in [-0.15, -0.1) is 0 Å². The summed E-state index contributed by atoms with van der Waals surface area (Å²) in [6.45, 7) is 0.770. The summed E-state index contributed by atoms with van der Waals surface area (Å²) in [4.78, 5) is 4.33. The van der Waals surface area contributed by atoms with Gasteiger partial charge in [0, 0.05) is 20.1 Å². The van der Waals surface area contributed by atoms with Crippen LogP contribution in [0.25, 0.3) is 0 Å². The van der Waals surface area contributed by atoms with Gasteiger partial charge in [-0.3, -0.25) is 0 Å². The lowest BCUT2D eigenvalue weighted by Crippen LogP contribution is -2.16. The van der Waals surface area contributed by atoms with Crippen molar-refractivity contribution >= 4 is 0 Å². The Bertz CT molecular complexity index is 587. The minimum Gasteiger partial charge on any atom is -0.380 e. The van der Waals surface area contributed by atoms with Gasteiger partial charge in [-0.05, 0) is 18.1 Å². The van der Waals surface area contributed by atoms with Crippen LogP contribution >= 0.6 is 0 Å². The Morgan fingerprint density at radius 2 is 2.30 bits per heavy atom. The molecule has 1 aliphatic rings. The van der Waals surface area contributed by atoms with Crippen molar-refractivity contribution in [1.29, 1.82) is 0 Å². The van der Waals surface area contributed by atoms with E-state index in [1.165, 1.54) is 6.07 Å². The average molecular weight is 277 g/mol. The number of rotatable bonds is 4. The second kappa shape index (κ2) is 5.68. The first-order valence-electron chi connectivity index (χ1n) is 6.58. The highest BCUT2D eigenvalue weighted by Crippen LogP contribution is 2.23. The number of ether oxygens (including phenoxy) is 1. The van der Waals surface area contributed by atoms with Gasteiger partial charge in [-0.2, -0.15) is 4.98 Å². The SMILES string of the molecule is COC1CNC(c2nc(Cc3ccccc3F)no2)C1. The molecular weight excluding hydrogens is 261 g/mol. The summed E-state index contributed by atoms with van der Waals surface area (Å²) in [6.07, 6.45) is 1.30. The van der Waals surface area contributed by atoms with Gasteiger partial charge in [0.2, 0.25) is 5.89 Å². The van der Waals surface area contributed by atoms with Crippen molar-refractivity contribution in [3.8, 4) is 0 Å². The monoisotopic (exact) mass is 277 g/mol. The van der Waals surface area contributed by atoms with Crippen LogP contribution in [0.5, 0.6) is 0 Å². The molecule has 106 valence electrons. The number of aromatic nitrogens is 2. The molecule has 0 saturated carbocycles. The van der Waals surface area contributed by atoms with Gasteiger partial charge in [0.25, 0.3) is 0 Å². The maximum Gasteiger partial charge on any atom is 0.243 e. The van der Waals surface area contributed by atoms with E-state index in [0.717, 1.165) is 13.0 Å². The quantitative estimate of drug-likeness (QED) is 0.924. The summed E-state index contributed by atoms with van der Waals surface area (Å²) in [5, 5.41) is 7.18. The minimum atomic E-state index is -0.253. The standard InChI is InChI=1S/C14H16FN3O2/c1-19-10-7-12(16-8-10)14-17-13(18-20-14)6-9-4-2-3-5-11(9)15/h2-5,10,12,16H,6-8H2,1H3. The molecule has 1 aliphatic heterocycles. The lowest BCUT2D eigenvalue weighted by Gasteiger charge is -2.04. The fourth-order valence-corrected chi connectivity index (χ4v) is 2.36. The lowest BCUT2D eigenvalue weighted by molar-refractivity contribution is 0.116. The molecule has 2 atom stereocenters. The van der Waals surface area contributed by atoms with Gasteiger partial charge >= 0.3 is 0 Å². The third kappa shape index (κ3) is 2.71. The van der Waals surface area contributed by atoms with E-state index in [0.29, 0.717) is 23.7 Å². The molecule has 2 aromatic rings. The molecule has 3 rings (SSSR count). The largest absolute Gasteiger partial charge is 0.380 e. The molecule has 0 spiro atoms. The van der Waals surface area contributed by atoms with E-state index in [-0.39, 0.29) is 18.0 Å². The van der Waals surface area contributed by atoms with Crippen molar-refractivity contribution in [2.24, 2.45) is 0 Å². The maximum absolute atomic E-state index is 13.6. The summed E-state index contributed by atoms with van der Waals surface area (Å²) >= 11 is 0. The van der Waals surface area contributed by atoms with Crippen LogP contribution in [0.15, 0.2) is 28.8 Å². The summed E-state index contributed by atoms with van der Waals surface area (Å²) < 4.78 is 24.1. The number of nitrogens with one attached hydrogen (secondary N) is 1. The number of hydrogen-bond acceptors (Lipinski definition) is 5. The van der Waals surface area contributed by atoms with Crippen LogP contribution in [0.2, 0.25) is 0 Å². The minimum absolute atomic E-state index is 0.0156. The van der Waals surface area contributed by atoms with Gasteiger partial charge < -0.3 is 14.6 Å². The topological polar surface area (TPSA) is 60.2 Å². The van der Waals surface area contributed by atoms with Crippen LogP contribution in [0, 0.1) is 5.82 Å². The van der Waals surface area contributed by atoms with Gasteiger partial charge in [-0.1, -0.05) is 23.4 Å². The average Bonchev–Trinajstić information content (AvgIpc) is 3.10. The predicted octanol–water partition coefficient (Wildman–Crippen LogP) is 1.85. The normalized spacial score (nSPS) is 22.3. The number of nitrogens with zero attached hydrogens (tertiary/aromatic N) is 2. The Labute approximate surface area is 116 Å².